The summed E-state index contributed by atoms with van der Waals surface area (Å²) in [6.07, 6.45) is 6.66. The topological polar surface area (TPSA) is 91.1 Å². The molecule has 0 bridgehead atoms. The van der Waals surface area contributed by atoms with Gasteiger partial charge in [-0.05, 0) is 24.3 Å². The molecule has 0 aliphatic heterocycles. The van der Waals surface area contributed by atoms with E-state index >= 15 is 0 Å². The first kappa shape index (κ1) is 14.5. The molecule has 0 saturated heterocycles. The molecule has 0 aliphatic rings. The second kappa shape index (κ2) is 5.62. The van der Waals surface area contributed by atoms with E-state index in [0.717, 1.165) is 22.1 Å². The lowest BCUT2D eigenvalue weighted by atomic mass is 10.2. The number of benzene rings is 1. The van der Waals surface area contributed by atoms with Crippen LogP contribution in [0.1, 0.15) is 5.89 Å². The Morgan fingerprint density at radius 3 is 3.00 bits per heavy atom. The van der Waals surface area contributed by atoms with E-state index in [1.165, 1.54) is 6.20 Å². The van der Waals surface area contributed by atoms with Crippen molar-refractivity contribution in [1.29, 1.82) is 0 Å². The Hall–Kier alpha value is -3.81. The quantitative estimate of drug-likeness (QED) is 0.498. The van der Waals surface area contributed by atoms with Gasteiger partial charge in [-0.1, -0.05) is 17.3 Å². The minimum atomic E-state index is -0.218. The fourth-order valence-corrected chi connectivity index (χ4v) is 2.91. The maximum atomic E-state index is 12.2. The second-order valence-electron chi connectivity index (χ2n) is 5.82. The summed E-state index contributed by atoms with van der Waals surface area (Å²) in [4.78, 5) is 24.9. The highest BCUT2D eigenvalue weighted by Gasteiger charge is 2.12. The monoisotopic (exact) mass is 344 g/mol. The SMILES string of the molecule is O=c1cnc2ccccc2n1Cc1nc(-c2ccn3cncc3c2)no1. The van der Waals surface area contributed by atoms with Crippen molar-refractivity contribution in [2.45, 2.75) is 6.54 Å². The molecule has 0 amide bonds. The van der Waals surface area contributed by atoms with Crippen LogP contribution < -0.4 is 5.56 Å². The first-order valence-corrected chi connectivity index (χ1v) is 7.97. The van der Waals surface area contributed by atoms with Crippen LogP contribution in [0.3, 0.4) is 0 Å². The molecule has 0 saturated carbocycles. The number of para-hydroxylation sites is 2. The molecule has 126 valence electrons. The van der Waals surface area contributed by atoms with Crippen LogP contribution >= 0.6 is 0 Å². The lowest BCUT2D eigenvalue weighted by Gasteiger charge is -2.06. The van der Waals surface area contributed by atoms with E-state index in [2.05, 4.69) is 20.1 Å². The summed E-state index contributed by atoms with van der Waals surface area (Å²) in [5.41, 5.74) is 2.99. The molecule has 0 N–H and O–H groups in total. The Kier molecular flexibility index (Phi) is 3.14. The Bertz CT molecular complexity index is 1300. The van der Waals surface area contributed by atoms with Gasteiger partial charge in [-0.3, -0.25) is 9.36 Å². The van der Waals surface area contributed by atoms with Crippen molar-refractivity contribution in [3.05, 3.63) is 77.6 Å². The fourth-order valence-electron chi connectivity index (χ4n) is 2.91. The van der Waals surface area contributed by atoms with Gasteiger partial charge < -0.3 is 8.92 Å². The van der Waals surface area contributed by atoms with Gasteiger partial charge in [0.1, 0.15) is 6.54 Å². The zero-order valence-corrected chi connectivity index (χ0v) is 13.5. The van der Waals surface area contributed by atoms with Crippen molar-refractivity contribution in [2.75, 3.05) is 0 Å². The molecule has 1 aromatic carbocycles. The fraction of sp³-hybridized carbons (Fsp3) is 0.0556. The molecule has 8 heteroatoms. The number of aromatic nitrogens is 6. The minimum Gasteiger partial charge on any atom is -0.337 e. The number of rotatable bonds is 3. The van der Waals surface area contributed by atoms with Crippen LogP contribution in [0, 0.1) is 0 Å². The molecule has 0 aliphatic carbocycles. The summed E-state index contributed by atoms with van der Waals surface area (Å²) in [5, 5.41) is 4.04. The van der Waals surface area contributed by atoms with Crippen LogP contribution in [0.25, 0.3) is 27.9 Å². The summed E-state index contributed by atoms with van der Waals surface area (Å²) in [5.74, 6) is 0.821. The second-order valence-corrected chi connectivity index (χ2v) is 5.82. The maximum Gasteiger partial charge on any atom is 0.269 e. The predicted molar refractivity (Wildman–Crippen MR) is 93.6 cm³/mol. The molecular weight excluding hydrogens is 332 g/mol. The van der Waals surface area contributed by atoms with Gasteiger partial charge in [-0.15, -0.1) is 0 Å². The molecule has 0 radical (unpaired) electrons. The smallest absolute Gasteiger partial charge is 0.269 e. The van der Waals surface area contributed by atoms with Gasteiger partial charge in [0.05, 0.1) is 35.3 Å². The first-order valence-electron chi connectivity index (χ1n) is 7.97. The lowest BCUT2D eigenvalue weighted by molar-refractivity contribution is 0.371. The van der Waals surface area contributed by atoms with E-state index in [0.29, 0.717) is 11.7 Å². The van der Waals surface area contributed by atoms with Crippen LogP contribution in [0.15, 0.2) is 70.6 Å². The normalized spacial score (nSPS) is 11.4. The average molecular weight is 344 g/mol. The number of imidazole rings is 1. The zero-order chi connectivity index (χ0) is 17.5. The molecular formula is C18H12N6O2. The molecule has 0 atom stereocenters. The third-order valence-electron chi connectivity index (χ3n) is 4.19. The summed E-state index contributed by atoms with van der Waals surface area (Å²) < 4.78 is 8.82. The number of hydrogen-bond acceptors (Lipinski definition) is 6. The van der Waals surface area contributed by atoms with Gasteiger partial charge >= 0.3 is 0 Å². The zero-order valence-electron chi connectivity index (χ0n) is 13.5. The number of pyridine rings is 1. The highest BCUT2D eigenvalue weighted by Crippen LogP contribution is 2.18. The van der Waals surface area contributed by atoms with E-state index in [1.807, 2.05) is 47.0 Å². The number of fused-ring (bicyclic) bond motifs is 2. The molecule has 4 heterocycles. The van der Waals surface area contributed by atoms with Crippen LogP contribution in [0.4, 0.5) is 0 Å². The lowest BCUT2D eigenvalue weighted by Crippen LogP contribution is -2.21. The van der Waals surface area contributed by atoms with Gasteiger partial charge in [0.2, 0.25) is 11.7 Å². The van der Waals surface area contributed by atoms with Gasteiger partial charge in [0.25, 0.3) is 5.56 Å². The van der Waals surface area contributed by atoms with Gasteiger partial charge in [0, 0.05) is 11.8 Å². The van der Waals surface area contributed by atoms with E-state index in [1.54, 1.807) is 17.1 Å². The van der Waals surface area contributed by atoms with Crippen molar-refractivity contribution in [3.63, 3.8) is 0 Å². The van der Waals surface area contributed by atoms with Crippen molar-refractivity contribution in [1.82, 2.24) is 29.1 Å². The van der Waals surface area contributed by atoms with Crippen LogP contribution in [-0.4, -0.2) is 29.1 Å². The Labute approximate surface area is 146 Å². The Morgan fingerprint density at radius 2 is 2.04 bits per heavy atom. The first-order chi connectivity index (χ1) is 12.8. The molecule has 5 aromatic rings. The van der Waals surface area contributed by atoms with E-state index < -0.39 is 0 Å². The Morgan fingerprint density at radius 1 is 1.12 bits per heavy atom. The van der Waals surface area contributed by atoms with Gasteiger partial charge in [-0.2, -0.15) is 4.98 Å². The summed E-state index contributed by atoms with van der Waals surface area (Å²) in [6.45, 7) is 0.184. The summed E-state index contributed by atoms with van der Waals surface area (Å²) in [7, 11) is 0. The van der Waals surface area contributed by atoms with Crippen molar-refractivity contribution < 1.29 is 4.52 Å². The summed E-state index contributed by atoms with van der Waals surface area (Å²) in [6, 6.07) is 11.2. The van der Waals surface area contributed by atoms with Crippen molar-refractivity contribution >= 4 is 16.6 Å². The predicted octanol–water partition coefficient (Wildman–Crippen LogP) is 2.14. The summed E-state index contributed by atoms with van der Waals surface area (Å²) >= 11 is 0. The highest BCUT2D eigenvalue weighted by atomic mass is 16.5. The third kappa shape index (κ3) is 2.35. The minimum absolute atomic E-state index is 0.184. The molecule has 4 aromatic heterocycles. The maximum absolute atomic E-state index is 12.2. The van der Waals surface area contributed by atoms with E-state index in [9.17, 15) is 4.79 Å². The largest absolute Gasteiger partial charge is 0.337 e. The third-order valence-corrected chi connectivity index (χ3v) is 4.19. The molecule has 0 unspecified atom stereocenters. The molecule has 0 fully saturated rings. The molecule has 26 heavy (non-hydrogen) atoms. The van der Waals surface area contributed by atoms with Crippen LogP contribution in [0.2, 0.25) is 0 Å². The van der Waals surface area contributed by atoms with Gasteiger partial charge in [-0.25, -0.2) is 9.97 Å². The average Bonchev–Trinajstić information content (AvgIpc) is 3.32. The Balaban J connectivity index is 1.53. The van der Waals surface area contributed by atoms with Crippen molar-refractivity contribution in [3.8, 4) is 11.4 Å². The standard InChI is InChI=1S/C18H12N6O2/c25-17-9-20-14-3-1-2-4-15(14)24(17)10-16-21-18(22-26-16)12-5-6-23-11-19-8-13(23)7-12/h1-9,11H,10H2. The van der Waals surface area contributed by atoms with E-state index in [4.69, 9.17) is 4.52 Å². The molecule has 0 spiro atoms. The molecule has 5 rings (SSSR count). The number of hydrogen-bond donors (Lipinski definition) is 0. The highest BCUT2D eigenvalue weighted by molar-refractivity contribution is 5.74. The molecule has 8 nitrogen and oxygen atoms in total. The number of nitrogens with zero attached hydrogens (tertiary/aromatic N) is 6. The van der Waals surface area contributed by atoms with E-state index in [-0.39, 0.29) is 12.1 Å². The van der Waals surface area contributed by atoms with Crippen LogP contribution in [-0.2, 0) is 6.54 Å². The van der Waals surface area contributed by atoms with Gasteiger partial charge in [0.15, 0.2) is 0 Å². The van der Waals surface area contributed by atoms with Crippen molar-refractivity contribution in [2.24, 2.45) is 0 Å². The van der Waals surface area contributed by atoms with Crippen LogP contribution in [0.5, 0.6) is 0 Å².